The first kappa shape index (κ1) is 13.2. The van der Waals surface area contributed by atoms with E-state index in [4.69, 9.17) is 11.6 Å². The van der Waals surface area contributed by atoms with Crippen LogP contribution in [0.2, 0.25) is 5.02 Å². The smallest absolute Gasteiger partial charge is 0.186 e. The molecular weight excluding hydrogens is 253 g/mol. The fourth-order valence-corrected chi connectivity index (χ4v) is 2.95. The van der Waals surface area contributed by atoms with Gasteiger partial charge in [-0.15, -0.1) is 0 Å². The monoisotopic (exact) mass is 264 g/mol. The topological polar surface area (TPSA) is 61.8 Å². The van der Waals surface area contributed by atoms with Gasteiger partial charge in [0.15, 0.2) is 9.84 Å². The predicted octanol–water partition coefficient (Wildman–Crippen LogP) is 1.21. The van der Waals surface area contributed by atoms with Gasteiger partial charge in [-0.2, -0.15) is 0 Å². The first-order valence-electron chi connectivity index (χ1n) is 4.58. The van der Waals surface area contributed by atoms with Crippen LogP contribution >= 0.6 is 11.6 Å². The van der Waals surface area contributed by atoms with Crippen molar-refractivity contribution in [3.63, 3.8) is 0 Å². The molecule has 3 nitrogen and oxygen atoms in total. The standard InChI is InChI=1S/C10H11ClFNO2S/c11-9-3-1-2-4-10(9)16(14,15)7-8(12)5-6-13/h1-5H,6-7,13H2/p+1. The van der Waals surface area contributed by atoms with Gasteiger partial charge >= 0.3 is 0 Å². The zero-order valence-corrected chi connectivity index (χ0v) is 10.1. The van der Waals surface area contributed by atoms with E-state index in [-0.39, 0.29) is 16.5 Å². The van der Waals surface area contributed by atoms with E-state index < -0.39 is 21.4 Å². The van der Waals surface area contributed by atoms with Crippen molar-refractivity contribution in [1.82, 2.24) is 0 Å². The zero-order valence-electron chi connectivity index (χ0n) is 8.49. The van der Waals surface area contributed by atoms with Gasteiger partial charge in [-0.1, -0.05) is 23.7 Å². The lowest BCUT2D eigenvalue weighted by Crippen LogP contribution is -2.49. The maximum atomic E-state index is 13.1. The third-order valence-electron chi connectivity index (χ3n) is 1.87. The van der Waals surface area contributed by atoms with Gasteiger partial charge in [0.2, 0.25) is 0 Å². The second-order valence-corrected chi connectivity index (χ2v) is 5.49. The Morgan fingerprint density at radius 2 is 2.06 bits per heavy atom. The molecule has 1 aromatic carbocycles. The Hall–Kier alpha value is -0.910. The molecule has 0 unspecified atom stereocenters. The van der Waals surface area contributed by atoms with Gasteiger partial charge in [0.25, 0.3) is 0 Å². The van der Waals surface area contributed by atoms with Crippen LogP contribution in [0.4, 0.5) is 4.39 Å². The van der Waals surface area contributed by atoms with E-state index in [0.717, 1.165) is 6.08 Å². The third kappa shape index (κ3) is 3.30. The van der Waals surface area contributed by atoms with Crippen molar-refractivity contribution >= 4 is 21.4 Å². The second-order valence-electron chi connectivity index (χ2n) is 3.13. The minimum absolute atomic E-state index is 0.0516. The van der Waals surface area contributed by atoms with Crippen LogP contribution < -0.4 is 5.73 Å². The molecule has 0 saturated carbocycles. The van der Waals surface area contributed by atoms with E-state index in [9.17, 15) is 12.8 Å². The average Bonchev–Trinajstić information content (AvgIpc) is 2.17. The minimum atomic E-state index is -3.72. The molecule has 0 fully saturated rings. The van der Waals surface area contributed by atoms with Crippen LogP contribution in [0.15, 0.2) is 41.1 Å². The molecule has 0 heterocycles. The number of sulfone groups is 1. The summed E-state index contributed by atoms with van der Waals surface area (Å²) in [6.07, 6.45) is 1.13. The summed E-state index contributed by atoms with van der Waals surface area (Å²) in [6.45, 7) is 0.212. The van der Waals surface area contributed by atoms with Crippen molar-refractivity contribution in [2.45, 2.75) is 4.90 Å². The summed E-state index contributed by atoms with van der Waals surface area (Å²) in [7, 11) is -3.72. The molecule has 0 aliphatic heterocycles. The van der Waals surface area contributed by atoms with Crippen LogP contribution in [0.3, 0.4) is 0 Å². The average molecular weight is 265 g/mol. The summed E-state index contributed by atoms with van der Waals surface area (Å²) in [5, 5.41) is 0.102. The Bertz CT molecular complexity index is 499. The number of halogens is 2. The fourth-order valence-electron chi connectivity index (χ4n) is 1.17. The maximum Gasteiger partial charge on any atom is 0.186 e. The third-order valence-corrected chi connectivity index (χ3v) is 3.99. The van der Waals surface area contributed by atoms with E-state index in [1.165, 1.54) is 12.1 Å². The minimum Gasteiger partial charge on any atom is -0.354 e. The lowest BCUT2D eigenvalue weighted by molar-refractivity contribution is -0.353. The Labute approximate surface area is 98.6 Å². The van der Waals surface area contributed by atoms with E-state index in [0.29, 0.717) is 0 Å². The van der Waals surface area contributed by atoms with Crippen molar-refractivity contribution in [3.8, 4) is 0 Å². The quantitative estimate of drug-likeness (QED) is 0.889. The Morgan fingerprint density at radius 1 is 1.44 bits per heavy atom. The largest absolute Gasteiger partial charge is 0.354 e. The van der Waals surface area contributed by atoms with Gasteiger partial charge in [0, 0.05) is 6.08 Å². The van der Waals surface area contributed by atoms with Gasteiger partial charge in [-0.25, -0.2) is 12.8 Å². The summed E-state index contributed by atoms with van der Waals surface area (Å²) in [5.74, 6) is -1.39. The van der Waals surface area contributed by atoms with Crippen molar-refractivity contribution in [2.75, 3.05) is 12.3 Å². The molecule has 6 heteroatoms. The highest BCUT2D eigenvalue weighted by Gasteiger charge is 2.19. The number of quaternary nitrogens is 1. The molecule has 88 valence electrons. The molecule has 1 aromatic rings. The number of hydrogen-bond donors (Lipinski definition) is 1. The molecule has 3 N–H and O–H groups in total. The Kier molecular flexibility index (Phi) is 4.46. The highest BCUT2D eigenvalue weighted by molar-refractivity contribution is 7.91. The molecule has 1 rings (SSSR count). The van der Waals surface area contributed by atoms with Crippen LogP contribution in [-0.2, 0) is 9.84 Å². The first-order valence-corrected chi connectivity index (χ1v) is 6.61. The molecule has 0 radical (unpaired) electrons. The van der Waals surface area contributed by atoms with Crippen LogP contribution in [0.5, 0.6) is 0 Å². The molecule has 0 aliphatic carbocycles. The van der Waals surface area contributed by atoms with Crippen molar-refractivity contribution in [1.29, 1.82) is 0 Å². The fraction of sp³-hybridized carbons (Fsp3) is 0.200. The van der Waals surface area contributed by atoms with Gasteiger partial charge in [-0.3, -0.25) is 0 Å². The number of rotatable bonds is 4. The molecule has 0 spiro atoms. The lowest BCUT2D eigenvalue weighted by Gasteiger charge is -2.04. The van der Waals surface area contributed by atoms with Crippen LogP contribution in [0, 0.1) is 0 Å². The van der Waals surface area contributed by atoms with Crippen molar-refractivity contribution in [3.05, 3.63) is 41.2 Å². The van der Waals surface area contributed by atoms with Crippen LogP contribution in [0.1, 0.15) is 0 Å². The first-order chi connectivity index (χ1) is 7.47. The molecular formula is C10H12ClFNO2S+. The zero-order chi connectivity index (χ0) is 12.2. The van der Waals surface area contributed by atoms with E-state index >= 15 is 0 Å². The summed E-state index contributed by atoms with van der Waals surface area (Å²) in [6, 6.07) is 5.97. The Morgan fingerprint density at radius 3 is 2.62 bits per heavy atom. The molecule has 0 bridgehead atoms. The van der Waals surface area contributed by atoms with E-state index in [1.54, 1.807) is 12.1 Å². The second kappa shape index (κ2) is 5.43. The number of hydrogen-bond acceptors (Lipinski definition) is 2. The van der Waals surface area contributed by atoms with E-state index in [2.05, 4.69) is 5.73 Å². The summed E-state index contributed by atoms with van der Waals surface area (Å²) in [5.41, 5.74) is 3.41. The molecule has 16 heavy (non-hydrogen) atoms. The van der Waals surface area contributed by atoms with Crippen LogP contribution in [0.25, 0.3) is 0 Å². The van der Waals surface area contributed by atoms with Crippen molar-refractivity contribution in [2.24, 2.45) is 0 Å². The van der Waals surface area contributed by atoms with Gasteiger partial charge in [0.1, 0.15) is 11.6 Å². The predicted molar refractivity (Wildman–Crippen MR) is 60.5 cm³/mol. The molecule has 0 saturated heterocycles. The van der Waals surface area contributed by atoms with Gasteiger partial charge < -0.3 is 5.73 Å². The number of benzene rings is 1. The highest BCUT2D eigenvalue weighted by Crippen LogP contribution is 2.23. The summed E-state index contributed by atoms with van der Waals surface area (Å²) in [4.78, 5) is -0.0516. The molecule has 0 aliphatic rings. The SMILES string of the molecule is [NH3+]CC=C(F)CS(=O)(=O)c1ccccc1Cl. The molecule has 0 aromatic heterocycles. The molecule has 0 atom stereocenters. The summed E-state index contributed by atoms with van der Waals surface area (Å²) >= 11 is 5.74. The van der Waals surface area contributed by atoms with Gasteiger partial charge in [0.05, 0.1) is 16.5 Å². The van der Waals surface area contributed by atoms with E-state index in [1.807, 2.05) is 0 Å². The molecule has 0 amide bonds. The maximum absolute atomic E-state index is 13.1. The normalized spacial score (nSPS) is 12.8. The van der Waals surface area contributed by atoms with Gasteiger partial charge in [-0.05, 0) is 12.1 Å². The highest BCUT2D eigenvalue weighted by atomic mass is 35.5. The van der Waals surface area contributed by atoms with Crippen LogP contribution in [-0.4, -0.2) is 20.7 Å². The van der Waals surface area contributed by atoms with Crippen molar-refractivity contribution < 1.29 is 18.5 Å². The Balaban J connectivity index is 3.04. The summed E-state index contributed by atoms with van der Waals surface area (Å²) < 4.78 is 36.6. The lowest BCUT2D eigenvalue weighted by atomic mass is 10.4.